The van der Waals surface area contributed by atoms with E-state index in [9.17, 15) is 9.90 Å². The van der Waals surface area contributed by atoms with E-state index < -0.39 is 5.97 Å². The van der Waals surface area contributed by atoms with Crippen molar-refractivity contribution < 1.29 is 14.6 Å². The van der Waals surface area contributed by atoms with Crippen molar-refractivity contribution in [1.82, 2.24) is 0 Å². The smallest absolute Gasteiger partial charge is 0.343 e. The molecule has 1 N–H and O–H groups in total. The summed E-state index contributed by atoms with van der Waals surface area (Å²) in [5.74, 6) is -0.686. The SMILES string of the molecule is CCOC(=O)C1=C(O)C(=Cc2ccc(Br)cc2)N=C1C. The Balaban J connectivity index is 2.35. The van der Waals surface area contributed by atoms with Gasteiger partial charge in [0.25, 0.3) is 0 Å². The van der Waals surface area contributed by atoms with Crippen LogP contribution in [0.2, 0.25) is 0 Å². The molecule has 20 heavy (non-hydrogen) atoms. The summed E-state index contributed by atoms with van der Waals surface area (Å²) < 4.78 is 5.88. The second-order valence-corrected chi connectivity index (χ2v) is 5.14. The highest BCUT2D eigenvalue weighted by atomic mass is 79.9. The molecular weight excluding hydrogens is 322 g/mol. The van der Waals surface area contributed by atoms with Crippen molar-refractivity contribution >= 4 is 33.7 Å². The van der Waals surface area contributed by atoms with E-state index >= 15 is 0 Å². The average Bonchev–Trinajstić information content (AvgIpc) is 2.67. The Labute approximate surface area is 125 Å². The molecule has 0 spiro atoms. The van der Waals surface area contributed by atoms with Crippen LogP contribution in [0.1, 0.15) is 19.4 Å². The molecule has 4 nitrogen and oxygen atoms in total. The first kappa shape index (κ1) is 14.5. The number of halogens is 1. The Morgan fingerprint density at radius 1 is 1.40 bits per heavy atom. The summed E-state index contributed by atoms with van der Waals surface area (Å²) >= 11 is 3.36. The van der Waals surface area contributed by atoms with Crippen LogP contribution >= 0.6 is 15.9 Å². The Bertz CT molecular complexity index is 627. The highest BCUT2D eigenvalue weighted by Gasteiger charge is 2.27. The Morgan fingerprint density at radius 2 is 2.05 bits per heavy atom. The summed E-state index contributed by atoms with van der Waals surface area (Å²) in [6.45, 7) is 3.65. The molecular formula is C15H14BrNO3. The third-order valence-corrected chi connectivity index (χ3v) is 3.31. The standard InChI is InChI=1S/C15H14BrNO3/c1-3-20-15(19)13-9(2)17-12(14(13)18)8-10-4-6-11(16)7-5-10/h4-8,18H,3H2,1-2H3. The van der Waals surface area contributed by atoms with E-state index in [0.29, 0.717) is 11.4 Å². The molecule has 1 aromatic carbocycles. The topological polar surface area (TPSA) is 58.9 Å². The van der Waals surface area contributed by atoms with Gasteiger partial charge in [0.05, 0.1) is 12.3 Å². The van der Waals surface area contributed by atoms with E-state index in [-0.39, 0.29) is 17.9 Å². The number of aliphatic hydroxyl groups is 1. The van der Waals surface area contributed by atoms with Crippen molar-refractivity contribution in [2.24, 2.45) is 4.99 Å². The molecule has 1 heterocycles. The minimum absolute atomic E-state index is 0.134. The average molecular weight is 336 g/mol. The van der Waals surface area contributed by atoms with E-state index in [1.807, 2.05) is 24.3 Å². The minimum Gasteiger partial charge on any atom is -0.505 e. The summed E-state index contributed by atoms with van der Waals surface area (Å²) in [5, 5.41) is 10.1. The number of aliphatic hydroxyl groups excluding tert-OH is 1. The van der Waals surface area contributed by atoms with Crippen LogP contribution in [0.25, 0.3) is 6.08 Å². The van der Waals surface area contributed by atoms with Crippen LogP contribution in [0.4, 0.5) is 0 Å². The maximum Gasteiger partial charge on any atom is 0.343 e. The summed E-state index contributed by atoms with van der Waals surface area (Å²) in [5.41, 5.74) is 1.85. The van der Waals surface area contributed by atoms with Crippen molar-refractivity contribution in [2.45, 2.75) is 13.8 Å². The van der Waals surface area contributed by atoms with Gasteiger partial charge in [-0.15, -0.1) is 0 Å². The lowest BCUT2D eigenvalue weighted by molar-refractivity contribution is -0.138. The van der Waals surface area contributed by atoms with Gasteiger partial charge in [-0.05, 0) is 37.6 Å². The molecule has 0 bridgehead atoms. The Hall–Kier alpha value is -1.88. The van der Waals surface area contributed by atoms with Gasteiger partial charge in [-0.3, -0.25) is 0 Å². The largest absolute Gasteiger partial charge is 0.505 e. The van der Waals surface area contributed by atoms with Gasteiger partial charge in [0, 0.05) is 4.47 Å². The predicted octanol–water partition coefficient (Wildman–Crippen LogP) is 3.64. The van der Waals surface area contributed by atoms with Gasteiger partial charge >= 0.3 is 5.97 Å². The molecule has 0 saturated heterocycles. The second-order valence-electron chi connectivity index (χ2n) is 4.22. The van der Waals surface area contributed by atoms with Gasteiger partial charge < -0.3 is 9.84 Å². The first-order chi connectivity index (χ1) is 9.52. The van der Waals surface area contributed by atoms with Crippen LogP contribution in [0, 0.1) is 0 Å². The van der Waals surface area contributed by atoms with E-state index in [2.05, 4.69) is 20.9 Å². The molecule has 0 aliphatic carbocycles. The molecule has 1 aliphatic rings. The quantitative estimate of drug-likeness (QED) is 0.858. The number of carbonyl (C=O) groups excluding carboxylic acids is 1. The van der Waals surface area contributed by atoms with E-state index in [0.717, 1.165) is 10.0 Å². The van der Waals surface area contributed by atoms with Crippen LogP contribution < -0.4 is 0 Å². The summed E-state index contributed by atoms with van der Waals surface area (Å²) in [6.07, 6.45) is 1.72. The molecule has 0 radical (unpaired) electrons. The van der Waals surface area contributed by atoms with Crippen LogP contribution in [-0.2, 0) is 9.53 Å². The summed E-state index contributed by atoms with van der Waals surface area (Å²) in [7, 11) is 0. The normalized spacial score (nSPS) is 16.6. The number of esters is 1. The van der Waals surface area contributed by atoms with Gasteiger partial charge in [0.15, 0.2) is 5.76 Å². The molecule has 0 saturated carbocycles. The van der Waals surface area contributed by atoms with Crippen molar-refractivity contribution in [2.75, 3.05) is 6.61 Å². The molecule has 1 aromatic rings. The molecule has 0 atom stereocenters. The second kappa shape index (κ2) is 6.05. The van der Waals surface area contributed by atoms with Crippen molar-refractivity contribution in [3.63, 3.8) is 0 Å². The Kier molecular flexibility index (Phi) is 4.39. The van der Waals surface area contributed by atoms with Crippen LogP contribution in [-0.4, -0.2) is 23.4 Å². The molecule has 0 unspecified atom stereocenters. The third kappa shape index (κ3) is 2.99. The van der Waals surface area contributed by atoms with Gasteiger partial charge in [-0.1, -0.05) is 28.1 Å². The zero-order chi connectivity index (χ0) is 14.7. The first-order valence-electron chi connectivity index (χ1n) is 6.16. The fourth-order valence-corrected chi connectivity index (χ4v) is 2.12. The molecule has 0 fully saturated rings. The predicted molar refractivity (Wildman–Crippen MR) is 81.5 cm³/mol. The third-order valence-electron chi connectivity index (χ3n) is 2.78. The molecule has 0 amide bonds. The zero-order valence-corrected chi connectivity index (χ0v) is 12.8. The lowest BCUT2D eigenvalue weighted by Gasteiger charge is -2.02. The van der Waals surface area contributed by atoms with Gasteiger partial charge in [0.2, 0.25) is 0 Å². The van der Waals surface area contributed by atoms with E-state index in [1.165, 1.54) is 0 Å². The molecule has 2 rings (SSSR count). The number of hydrogen-bond acceptors (Lipinski definition) is 4. The van der Waals surface area contributed by atoms with Crippen molar-refractivity contribution in [1.29, 1.82) is 0 Å². The van der Waals surface area contributed by atoms with Crippen LogP contribution in [0.15, 0.2) is 50.8 Å². The van der Waals surface area contributed by atoms with E-state index in [4.69, 9.17) is 4.74 Å². The number of hydrogen-bond donors (Lipinski definition) is 1. The maximum atomic E-state index is 11.8. The summed E-state index contributed by atoms with van der Waals surface area (Å²) in [4.78, 5) is 16.0. The molecule has 104 valence electrons. The fourth-order valence-electron chi connectivity index (χ4n) is 1.85. The van der Waals surface area contributed by atoms with Gasteiger partial charge in [0.1, 0.15) is 11.3 Å². The number of nitrogens with zero attached hydrogens (tertiary/aromatic N) is 1. The summed E-state index contributed by atoms with van der Waals surface area (Å²) in [6, 6.07) is 7.56. The fraction of sp³-hybridized carbons (Fsp3) is 0.200. The number of ether oxygens (including phenoxy) is 1. The molecule has 1 aliphatic heterocycles. The van der Waals surface area contributed by atoms with Gasteiger partial charge in [-0.25, -0.2) is 9.79 Å². The number of benzene rings is 1. The van der Waals surface area contributed by atoms with Crippen LogP contribution in [0.5, 0.6) is 0 Å². The minimum atomic E-state index is -0.551. The highest BCUT2D eigenvalue weighted by molar-refractivity contribution is 9.10. The van der Waals surface area contributed by atoms with Crippen LogP contribution in [0.3, 0.4) is 0 Å². The number of rotatable bonds is 3. The highest BCUT2D eigenvalue weighted by Crippen LogP contribution is 2.26. The number of carbonyl (C=O) groups is 1. The Morgan fingerprint density at radius 3 is 2.65 bits per heavy atom. The van der Waals surface area contributed by atoms with Gasteiger partial charge in [-0.2, -0.15) is 0 Å². The maximum absolute atomic E-state index is 11.8. The monoisotopic (exact) mass is 335 g/mol. The first-order valence-corrected chi connectivity index (χ1v) is 6.96. The van der Waals surface area contributed by atoms with E-state index in [1.54, 1.807) is 19.9 Å². The molecule has 0 aromatic heterocycles. The lowest BCUT2D eigenvalue weighted by Crippen LogP contribution is -2.13. The lowest BCUT2D eigenvalue weighted by atomic mass is 10.1. The van der Waals surface area contributed by atoms with Crippen molar-refractivity contribution in [3.8, 4) is 0 Å². The zero-order valence-electron chi connectivity index (χ0n) is 11.2. The number of aliphatic imine (C=N–C) groups is 1. The van der Waals surface area contributed by atoms with Crippen molar-refractivity contribution in [3.05, 3.63) is 51.3 Å². The molecule has 5 heteroatoms.